The number of nitrogens with zero attached hydrogens (tertiary/aromatic N) is 1. The Hall–Kier alpha value is -1.47. The average Bonchev–Trinajstić information content (AvgIpc) is 2.52. The van der Waals surface area contributed by atoms with Crippen LogP contribution in [0, 0.1) is 5.92 Å². The van der Waals surface area contributed by atoms with Gasteiger partial charge in [0.15, 0.2) is 0 Å². The maximum absolute atomic E-state index is 12.8. The molecule has 1 aliphatic rings. The summed E-state index contributed by atoms with van der Waals surface area (Å²) in [6, 6.07) is 6.60. The third-order valence-electron chi connectivity index (χ3n) is 3.89. The average molecular weight is 353 g/mol. The summed E-state index contributed by atoms with van der Waals surface area (Å²) in [5.74, 6) is -2.35. The van der Waals surface area contributed by atoms with Crippen LogP contribution in [0.15, 0.2) is 24.3 Å². The predicted molar refractivity (Wildman–Crippen MR) is 82.8 cm³/mol. The van der Waals surface area contributed by atoms with Crippen LogP contribution in [0.1, 0.15) is 18.5 Å². The molecule has 2 rings (SSSR count). The SMILES string of the molecule is COc1ccccc1C1CNCCN1C(=O)C(C)C(F)(F)F.Cl. The van der Waals surface area contributed by atoms with Crippen molar-refractivity contribution >= 4 is 18.3 Å². The van der Waals surface area contributed by atoms with E-state index in [2.05, 4.69) is 5.32 Å². The van der Waals surface area contributed by atoms with E-state index in [0.717, 1.165) is 6.92 Å². The van der Waals surface area contributed by atoms with Crippen molar-refractivity contribution in [3.05, 3.63) is 29.8 Å². The van der Waals surface area contributed by atoms with Crippen LogP contribution in [0.5, 0.6) is 5.75 Å². The number of methoxy groups -OCH3 is 1. The fourth-order valence-corrected chi connectivity index (χ4v) is 2.58. The standard InChI is InChI=1S/C15H19F3N2O2.ClH/c1-10(15(16,17)18)14(21)20-8-7-19-9-12(20)11-5-3-4-6-13(11)22-2;/h3-6,10,12,19H,7-9H2,1-2H3;1H. The van der Waals surface area contributed by atoms with Crippen molar-refractivity contribution in [2.24, 2.45) is 5.92 Å². The second kappa shape index (κ2) is 7.88. The first-order valence-electron chi connectivity index (χ1n) is 7.07. The van der Waals surface area contributed by atoms with Gasteiger partial charge in [-0.25, -0.2) is 0 Å². The van der Waals surface area contributed by atoms with Gasteiger partial charge in [0.1, 0.15) is 11.7 Å². The Balaban J connectivity index is 0.00000264. The molecule has 130 valence electrons. The fraction of sp³-hybridized carbons (Fsp3) is 0.533. The Bertz CT molecular complexity index is 540. The van der Waals surface area contributed by atoms with E-state index < -0.39 is 24.0 Å². The molecule has 4 nitrogen and oxygen atoms in total. The number of hydrogen-bond donors (Lipinski definition) is 1. The lowest BCUT2D eigenvalue weighted by molar-refractivity contribution is -0.187. The number of piperazine rings is 1. The van der Waals surface area contributed by atoms with Gasteiger partial charge in [0.2, 0.25) is 5.91 Å². The summed E-state index contributed by atoms with van der Waals surface area (Å²) in [7, 11) is 1.50. The van der Waals surface area contributed by atoms with E-state index in [9.17, 15) is 18.0 Å². The number of amides is 1. The van der Waals surface area contributed by atoms with Crippen LogP contribution in [0.4, 0.5) is 13.2 Å². The maximum atomic E-state index is 12.8. The number of para-hydroxylation sites is 1. The van der Waals surface area contributed by atoms with Gasteiger partial charge in [-0.15, -0.1) is 12.4 Å². The topological polar surface area (TPSA) is 41.6 Å². The highest BCUT2D eigenvalue weighted by molar-refractivity contribution is 5.85. The normalized spacial score (nSPS) is 19.7. The van der Waals surface area contributed by atoms with E-state index in [1.807, 2.05) is 0 Å². The molecule has 0 bridgehead atoms. The van der Waals surface area contributed by atoms with Crippen LogP contribution in [0.2, 0.25) is 0 Å². The second-order valence-corrected chi connectivity index (χ2v) is 5.26. The number of carbonyl (C=O) groups is 1. The van der Waals surface area contributed by atoms with Gasteiger partial charge in [0, 0.05) is 25.2 Å². The number of alkyl halides is 3. The van der Waals surface area contributed by atoms with E-state index in [-0.39, 0.29) is 19.0 Å². The molecule has 0 saturated carbocycles. The summed E-state index contributed by atoms with van der Waals surface area (Å²) in [4.78, 5) is 13.6. The van der Waals surface area contributed by atoms with Gasteiger partial charge in [0.05, 0.1) is 13.2 Å². The number of benzene rings is 1. The van der Waals surface area contributed by atoms with Crippen LogP contribution < -0.4 is 10.1 Å². The highest BCUT2D eigenvalue weighted by atomic mass is 35.5. The van der Waals surface area contributed by atoms with Crippen LogP contribution in [-0.2, 0) is 4.79 Å². The zero-order valence-electron chi connectivity index (χ0n) is 12.9. The Morgan fingerprint density at radius 3 is 2.65 bits per heavy atom. The van der Waals surface area contributed by atoms with Crippen LogP contribution in [0.25, 0.3) is 0 Å². The maximum Gasteiger partial charge on any atom is 0.400 e. The Morgan fingerprint density at radius 1 is 1.39 bits per heavy atom. The van der Waals surface area contributed by atoms with Crippen molar-refractivity contribution < 1.29 is 22.7 Å². The van der Waals surface area contributed by atoms with Gasteiger partial charge >= 0.3 is 6.18 Å². The molecule has 1 heterocycles. The highest BCUT2D eigenvalue weighted by Gasteiger charge is 2.45. The van der Waals surface area contributed by atoms with Crippen molar-refractivity contribution in [3.8, 4) is 5.75 Å². The van der Waals surface area contributed by atoms with Crippen LogP contribution in [0.3, 0.4) is 0 Å². The lowest BCUT2D eigenvalue weighted by atomic mass is 9.99. The fourth-order valence-electron chi connectivity index (χ4n) is 2.58. The molecule has 1 aliphatic heterocycles. The van der Waals surface area contributed by atoms with E-state index in [4.69, 9.17) is 4.74 Å². The van der Waals surface area contributed by atoms with Crippen molar-refractivity contribution in [2.45, 2.75) is 19.1 Å². The minimum absolute atomic E-state index is 0. The van der Waals surface area contributed by atoms with Crippen LogP contribution in [-0.4, -0.2) is 43.7 Å². The first-order chi connectivity index (χ1) is 10.4. The molecule has 1 aromatic rings. The molecule has 8 heteroatoms. The molecule has 1 aromatic carbocycles. The third-order valence-corrected chi connectivity index (χ3v) is 3.89. The molecular formula is C15H20ClF3N2O2. The highest BCUT2D eigenvalue weighted by Crippen LogP contribution is 2.34. The summed E-state index contributed by atoms with van der Waals surface area (Å²) in [5.41, 5.74) is 0.708. The zero-order chi connectivity index (χ0) is 16.3. The Morgan fingerprint density at radius 2 is 2.04 bits per heavy atom. The smallest absolute Gasteiger partial charge is 0.400 e. The first kappa shape index (κ1) is 19.6. The number of hydrogen-bond acceptors (Lipinski definition) is 3. The number of rotatable bonds is 3. The van der Waals surface area contributed by atoms with Crippen LogP contribution >= 0.6 is 12.4 Å². The molecule has 0 aliphatic carbocycles. The number of nitrogens with one attached hydrogen (secondary N) is 1. The predicted octanol–water partition coefficient (Wildman–Crippen LogP) is 2.79. The summed E-state index contributed by atoms with van der Waals surface area (Å²) in [6.45, 7) is 2.02. The van der Waals surface area contributed by atoms with Crippen molar-refractivity contribution in [2.75, 3.05) is 26.7 Å². The first-order valence-corrected chi connectivity index (χ1v) is 7.07. The van der Waals surface area contributed by atoms with Gasteiger partial charge in [0.25, 0.3) is 0 Å². The molecule has 0 spiro atoms. The van der Waals surface area contributed by atoms with Crippen molar-refractivity contribution in [3.63, 3.8) is 0 Å². The molecule has 1 N–H and O–H groups in total. The molecule has 1 saturated heterocycles. The van der Waals surface area contributed by atoms with E-state index in [1.165, 1.54) is 12.0 Å². The van der Waals surface area contributed by atoms with E-state index >= 15 is 0 Å². The molecule has 0 radical (unpaired) electrons. The minimum atomic E-state index is -4.53. The van der Waals surface area contributed by atoms with Gasteiger partial charge in [-0.05, 0) is 13.0 Å². The number of ether oxygens (including phenoxy) is 1. The second-order valence-electron chi connectivity index (χ2n) is 5.26. The Labute approximate surface area is 139 Å². The third kappa shape index (κ3) is 4.29. The summed E-state index contributed by atoms with van der Waals surface area (Å²) >= 11 is 0. The molecule has 0 aromatic heterocycles. The molecule has 2 unspecified atom stereocenters. The minimum Gasteiger partial charge on any atom is -0.496 e. The van der Waals surface area contributed by atoms with Crippen molar-refractivity contribution in [1.82, 2.24) is 10.2 Å². The molecule has 2 atom stereocenters. The lowest BCUT2D eigenvalue weighted by Gasteiger charge is -2.38. The van der Waals surface area contributed by atoms with E-state index in [0.29, 0.717) is 24.4 Å². The van der Waals surface area contributed by atoms with Crippen molar-refractivity contribution in [1.29, 1.82) is 0 Å². The zero-order valence-corrected chi connectivity index (χ0v) is 13.7. The monoisotopic (exact) mass is 352 g/mol. The summed E-state index contributed by atoms with van der Waals surface area (Å²) in [6.07, 6.45) is -4.53. The molecule has 23 heavy (non-hydrogen) atoms. The summed E-state index contributed by atoms with van der Waals surface area (Å²) in [5, 5.41) is 3.12. The molecule has 1 amide bonds. The van der Waals surface area contributed by atoms with Gasteiger partial charge in [-0.1, -0.05) is 18.2 Å². The van der Waals surface area contributed by atoms with Gasteiger partial charge in [-0.3, -0.25) is 4.79 Å². The molecular weight excluding hydrogens is 333 g/mol. The van der Waals surface area contributed by atoms with Gasteiger partial charge < -0.3 is 15.0 Å². The molecule has 1 fully saturated rings. The quantitative estimate of drug-likeness (QED) is 0.909. The number of carbonyl (C=O) groups excluding carboxylic acids is 1. The Kier molecular flexibility index (Phi) is 6.70. The number of halogens is 4. The summed E-state index contributed by atoms with van der Waals surface area (Å²) < 4.78 is 43.8. The lowest BCUT2D eigenvalue weighted by Crippen LogP contribution is -2.52. The van der Waals surface area contributed by atoms with E-state index in [1.54, 1.807) is 24.3 Å². The van der Waals surface area contributed by atoms with Gasteiger partial charge in [-0.2, -0.15) is 13.2 Å². The largest absolute Gasteiger partial charge is 0.496 e.